The van der Waals surface area contributed by atoms with E-state index >= 15 is 0 Å². The Bertz CT molecular complexity index is 605. The highest BCUT2D eigenvalue weighted by Crippen LogP contribution is 2.42. The van der Waals surface area contributed by atoms with E-state index in [0.29, 0.717) is 0 Å². The monoisotopic (exact) mass is 314 g/mol. The second-order valence-electron chi connectivity index (χ2n) is 7.25. The largest absolute Gasteiger partial charge is 0.360 e. The zero-order chi connectivity index (χ0) is 15.8. The van der Waals surface area contributed by atoms with E-state index in [9.17, 15) is 10.1 Å². The first-order chi connectivity index (χ1) is 11.2. The Kier molecular flexibility index (Phi) is 3.81. The van der Waals surface area contributed by atoms with Crippen molar-refractivity contribution in [2.24, 2.45) is 17.8 Å². The highest BCUT2D eigenvalue weighted by Gasteiger charge is 2.38. The van der Waals surface area contributed by atoms with Crippen LogP contribution in [-0.2, 0) is 0 Å². The molecular weight excluding hydrogens is 290 g/mol. The van der Waals surface area contributed by atoms with Gasteiger partial charge in [0.1, 0.15) is 0 Å². The molecule has 1 saturated heterocycles. The van der Waals surface area contributed by atoms with Gasteiger partial charge in [-0.15, -0.1) is 0 Å². The van der Waals surface area contributed by atoms with E-state index < -0.39 is 0 Å². The highest BCUT2D eigenvalue weighted by atomic mass is 16.6. The standard InChI is InChI=1S/C18H23N3O2/c22-21(23)18-5-3-17(4-6-18)20-9-7-19(8-10-20)13-16-12-14-1-2-15(16)11-14/h1-6,14-16H,7-13H2/p+1/t14-,15+,16-/m1/s1. The lowest BCUT2D eigenvalue weighted by molar-refractivity contribution is -0.904. The van der Waals surface area contributed by atoms with Crippen LogP contribution in [0, 0.1) is 27.9 Å². The van der Waals surface area contributed by atoms with Crippen LogP contribution >= 0.6 is 0 Å². The minimum absolute atomic E-state index is 0.169. The lowest BCUT2D eigenvalue weighted by atomic mass is 9.93. The number of hydrogen-bond acceptors (Lipinski definition) is 3. The highest BCUT2D eigenvalue weighted by molar-refractivity contribution is 5.51. The summed E-state index contributed by atoms with van der Waals surface area (Å²) in [6.07, 6.45) is 7.66. The van der Waals surface area contributed by atoms with Gasteiger partial charge in [-0.05, 0) is 36.8 Å². The molecule has 3 atom stereocenters. The van der Waals surface area contributed by atoms with Gasteiger partial charge in [0.2, 0.25) is 0 Å². The number of rotatable bonds is 4. The predicted molar refractivity (Wildman–Crippen MR) is 89.7 cm³/mol. The molecule has 2 bridgehead atoms. The number of anilines is 1. The Balaban J connectivity index is 1.30. The second-order valence-corrected chi connectivity index (χ2v) is 7.25. The molecule has 1 heterocycles. The predicted octanol–water partition coefficient (Wildman–Crippen LogP) is 1.51. The number of nitro groups is 1. The van der Waals surface area contributed by atoms with Gasteiger partial charge in [-0.1, -0.05) is 12.2 Å². The lowest BCUT2D eigenvalue weighted by Crippen LogP contribution is -3.15. The number of allylic oxidation sites excluding steroid dienone is 2. The van der Waals surface area contributed by atoms with Crippen molar-refractivity contribution < 1.29 is 9.82 Å². The number of nitro benzene ring substituents is 1. The van der Waals surface area contributed by atoms with Crippen molar-refractivity contribution >= 4 is 11.4 Å². The number of non-ortho nitro benzene ring substituents is 1. The molecule has 23 heavy (non-hydrogen) atoms. The molecular formula is C18H24N3O2+. The zero-order valence-corrected chi connectivity index (χ0v) is 13.4. The van der Waals surface area contributed by atoms with Crippen LogP contribution in [0.25, 0.3) is 0 Å². The summed E-state index contributed by atoms with van der Waals surface area (Å²) >= 11 is 0. The Morgan fingerprint density at radius 3 is 2.43 bits per heavy atom. The van der Waals surface area contributed by atoms with Crippen LogP contribution in [0.4, 0.5) is 11.4 Å². The number of benzene rings is 1. The van der Waals surface area contributed by atoms with Crippen LogP contribution in [0.1, 0.15) is 12.8 Å². The second kappa shape index (κ2) is 5.96. The third-order valence-electron chi connectivity index (χ3n) is 5.86. The number of nitrogens with one attached hydrogen (secondary N) is 1. The molecule has 1 aliphatic heterocycles. The fourth-order valence-corrected chi connectivity index (χ4v) is 4.57. The minimum atomic E-state index is -0.338. The molecule has 2 fully saturated rings. The summed E-state index contributed by atoms with van der Waals surface area (Å²) < 4.78 is 0. The summed E-state index contributed by atoms with van der Waals surface area (Å²) in [7, 11) is 0. The minimum Gasteiger partial charge on any atom is -0.360 e. The maximum Gasteiger partial charge on any atom is 0.269 e. The first-order valence-corrected chi connectivity index (χ1v) is 8.70. The summed E-state index contributed by atoms with van der Waals surface area (Å²) in [5.74, 6) is 2.61. The van der Waals surface area contributed by atoms with E-state index in [0.717, 1.165) is 36.5 Å². The average molecular weight is 314 g/mol. The van der Waals surface area contributed by atoms with E-state index in [4.69, 9.17) is 0 Å². The maximum absolute atomic E-state index is 10.7. The van der Waals surface area contributed by atoms with Crippen LogP contribution in [-0.4, -0.2) is 37.6 Å². The molecule has 4 rings (SSSR count). The fourth-order valence-electron chi connectivity index (χ4n) is 4.57. The molecule has 1 aromatic rings. The maximum atomic E-state index is 10.7. The Labute approximate surface area is 136 Å². The van der Waals surface area contributed by atoms with Gasteiger partial charge >= 0.3 is 0 Å². The summed E-state index contributed by atoms with van der Waals surface area (Å²) in [6, 6.07) is 6.97. The van der Waals surface area contributed by atoms with E-state index in [1.165, 1.54) is 32.5 Å². The molecule has 5 nitrogen and oxygen atoms in total. The molecule has 2 aliphatic carbocycles. The number of piperazine rings is 1. The van der Waals surface area contributed by atoms with E-state index in [1.54, 1.807) is 17.0 Å². The van der Waals surface area contributed by atoms with Crippen LogP contribution in [0.5, 0.6) is 0 Å². The quantitative estimate of drug-likeness (QED) is 0.521. The summed E-state index contributed by atoms with van der Waals surface area (Å²) in [4.78, 5) is 14.5. The van der Waals surface area contributed by atoms with E-state index in [-0.39, 0.29) is 10.6 Å². The topological polar surface area (TPSA) is 50.8 Å². The number of quaternary nitrogens is 1. The SMILES string of the molecule is O=[N+]([O-])c1ccc(N2CC[NH+](C[C@H]3C[C@@H]4C=C[C@H]3C4)CC2)cc1. The molecule has 0 amide bonds. The van der Waals surface area contributed by atoms with Crippen molar-refractivity contribution in [3.05, 3.63) is 46.5 Å². The van der Waals surface area contributed by atoms with Crippen molar-refractivity contribution in [2.75, 3.05) is 37.6 Å². The number of hydrogen-bond donors (Lipinski definition) is 1. The lowest BCUT2D eigenvalue weighted by Gasteiger charge is -2.35. The first-order valence-electron chi connectivity index (χ1n) is 8.70. The smallest absolute Gasteiger partial charge is 0.269 e. The van der Waals surface area contributed by atoms with Crippen molar-refractivity contribution in [2.45, 2.75) is 12.8 Å². The van der Waals surface area contributed by atoms with Gasteiger partial charge in [-0.3, -0.25) is 10.1 Å². The van der Waals surface area contributed by atoms with E-state index in [1.807, 2.05) is 12.1 Å². The molecule has 0 spiro atoms. The third-order valence-corrected chi connectivity index (χ3v) is 5.86. The molecule has 1 saturated carbocycles. The first kappa shape index (κ1) is 14.7. The summed E-state index contributed by atoms with van der Waals surface area (Å²) in [5, 5.41) is 10.7. The van der Waals surface area contributed by atoms with Crippen LogP contribution in [0.2, 0.25) is 0 Å². The Hall–Kier alpha value is -1.88. The van der Waals surface area contributed by atoms with Gasteiger partial charge in [-0.25, -0.2) is 0 Å². The van der Waals surface area contributed by atoms with Crippen LogP contribution in [0.3, 0.4) is 0 Å². The van der Waals surface area contributed by atoms with Gasteiger partial charge in [0, 0.05) is 23.7 Å². The summed E-state index contributed by atoms with van der Waals surface area (Å²) in [5.41, 5.74) is 1.28. The average Bonchev–Trinajstić information content (AvgIpc) is 3.18. The molecule has 0 radical (unpaired) electrons. The van der Waals surface area contributed by atoms with Gasteiger partial charge < -0.3 is 9.80 Å². The van der Waals surface area contributed by atoms with Crippen molar-refractivity contribution in [1.29, 1.82) is 0 Å². The van der Waals surface area contributed by atoms with Gasteiger partial charge in [-0.2, -0.15) is 0 Å². The fraction of sp³-hybridized carbons (Fsp3) is 0.556. The molecule has 0 aromatic heterocycles. The normalized spacial score (nSPS) is 30.1. The zero-order valence-electron chi connectivity index (χ0n) is 13.4. The van der Waals surface area contributed by atoms with Crippen LogP contribution in [0.15, 0.2) is 36.4 Å². The molecule has 1 aromatic carbocycles. The van der Waals surface area contributed by atoms with Gasteiger partial charge in [0.25, 0.3) is 5.69 Å². The molecule has 0 unspecified atom stereocenters. The Morgan fingerprint density at radius 1 is 1.13 bits per heavy atom. The number of nitrogens with zero attached hydrogens (tertiary/aromatic N) is 2. The molecule has 1 N–H and O–H groups in total. The van der Waals surface area contributed by atoms with Crippen LogP contribution < -0.4 is 9.80 Å². The molecule has 3 aliphatic rings. The summed E-state index contributed by atoms with van der Waals surface area (Å²) in [6.45, 7) is 5.76. The van der Waals surface area contributed by atoms with E-state index in [2.05, 4.69) is 17.1 Å². The van der Waals surface area contributed by atoms with Gasteiger partial charge in [0.05, 0.1) is 37.6 Å². The van der Waals surface area contributed by atoms with Crippen molar-refractivity contribution in [3.8, 4) is 0 Å². The molecule has 5 heteroatoms. The number of fused-ring (bicyclic) bond motifs is 2. The third kappa shape index (κ3) is 2.98. The van der Waals surface area contributed by atoms with Crippen molar-refractivity contribution in [3.63, 3.8) is 0 Å². The molecule has 122 valence electrons. The Morgan fingerprint density at radius 2 is 1.87 bits per heavy atom. The van der Waals surface area contributed by atoms with Gasteiger partial charge in [0.15, 0.2) is 0 Å². The van der Waals surface area contributed by atoms with Crippen molar-refractivity contribution in [1.82, 2.24) is 0 Å².